The Morgan fingerprint density at radius 3 is 2.16 bits per heavy atom. The minimum atomic E-state index is -3.97. The normalized spacial score (nSPS) is 16.9. The van der Waals surface area contributed by atoms with Crippen molar-refractivity contribution < 1.29 is 13.2 Å². The molecule has 1 aliphatic carbocycles. The summed E-state index contributed by atoms with van der Waals surface area (Å²) in [6.07, 6.45) is 4.89. The Hall–Kier alpha value is -3.62. The fraction of sp³-hybridized carbons (Fsp3) is 0.300. The van der Waals surface area contributed by atoms with E-state index in [0.29, 0.717) is 11.3 Å². The zero-order valence-corrected chi connectivity index (χ0v) is 22.3. The van der Waals surface area contributed by atoms with Crippen molar-refractivity contribution in [1.29, 1.82) is 0 Å². The Morgan fingerprint density at radius 2 is 1.47 bits per heavy atom. The number of rotatable bonds is 7. The van der Waals surface area contributed by atoms with Gasteiger partial charge in [-0.2, -0.15) is 0 Å². The average molecular weight is 531 g/mol. The quantitative estimate of drug-likeness (QED) is 0.436. The van der Waals surface area contributed by atoms with Gasteiger partial charge in [0.1, 0.15) is 0 Å². The minimum Gasteiger partial charge on any atom is -0.399 e. The fourth-order valence-corrected chi connectivity index (χ4v) is 6.25. The molecule has 7 nitrogen and oxygen atoms in total. The molecule has 1 amide bonds. The number of allylic oxidation sites excluding steroid dienone is 1. The van der Waals surface area contributed by atoms with Gasteiger partial charge in [-0.1, -0.05) is 35.9 Å². The molecule has 1 saturated heterocycles. The molecule has 3 aromatic carbocycles. The van der Waals surface area contributed by atoms with Gasteiger partial charge >= 0.3 is 0 Å². The number of nitrogens with one attached hydrogen (secondary N) is 1. The maximum atomic E-state index is 12.6. The number of benzene rings is 3. The summed E-state index contributed by atoms with van der Waals surface area (Å²) >= 11 is 0. The summed E-state index contributed by atoms with van der Waals surface area (Å²) in [5, 5.41) is 0. The first kappa shape index (κ1) is 26.0. The third kappa shape index (κ3) is 6.09. The van der Waals surface area contributed by atoms with Gasteiger partial charge in [-0.15, -0.1) is 0 Å². The molecule has 5 rings (SSSR count). The summed E-state index contributed by atoms with van der Waals surface area (Å²) in [5.74, 6) is -0.659. The highest BCUT2D eigenvalue weighted by molar-refractivity contribution is 7.90. The number of hydrogen-bond donors (Lipinski definition) is 2. The molecule has 0 unspecified atom stereocenters. The van der Waals surface area contributed by atoms with E-state index in [9.17, 15) is 13.2 Å². The van der Waals surface area contributed by atoms with Crippen LogP contribution in [-0.2, 0) is 10.0 Å². The first-order valence-electron chi connectivity index (χ1n) is 13.2. The molecular weight excluding hydrogens is 496 g/mol. The third-order valence-electron chi connectivity index (χ3n) is 7.40. The Balaban J connectivity index is 1.18. The summed E-state index contributed by atoms with van der Waals surface area (Å²) < 4.78 is 27.2. The van der Waals surface area contributed by atoms with Crippen LogP contribution in [-0.4, -0.2) is 51.9 Å². The van der Waals surface area contributed by atoms with Crippen LogP contribution in [0.15, 0.2) is 89.3 Å². The smallest absolute Gasteiger partial charge is 0.264 e. The molecule has 3 N–H and O–H groups in total. The number of sulfonamides is 1. The highest BCUT2D eigenvalue weighted by atomic mass is 32.2. The van der Waals surface area contributed by atoms with E-state index in [2.05, 4.69) is 44.9 Å². The van der Waals surface area contributed by atoms with E-state index in [1.54, 1.807) is 17.7 Å². The second kappa shape index (κ2) is 11.4. The standard InChI is InChI=1S/C30H34N4O3S/c31-26-12-16-28(17-13-26)38(36,37)32-30(35)24-10-14-27(15-11-24)34-20-18-33(19-21-34)22-25-8-4-5-9-29(25)23-6-2-1-3-7-23/h1-3,6-7,10-17H,4-5,8-9,18-22,31H2,(H,32,35). The highest BCUT2D eigenvalue weighted by Gasteiger charge is 2.22. The van der Waals surface area contributed by atoms with E-state index in [-0.39, 0.29) is 4.90 Å². The Labute approximate surface area is 225 Å². The van der Waals surface area contributed by atoms with Crippen LogP contribution in [0.1, 0.15) is 41.6 Å². The first-order valence-corrected chi connectivity index (χ1v) is 14.6. The molecule has 0 atom stereocenters. The summed E-state index contributed by atoms with van der Waals surface area (Å²) in [6, 6.07) is 23.6. The van der Waals surface area contributed by atoms with Gasteiger partial charge in [0.2, 0.25) is 0 Å². The molecule has 0 saturated carbocycles. The van der Waals surface area contributed by atoms with Gasteiger partial charge in [0, 0.05) is 49.7 Å². The summed E-state index contributed by atoms with van der Waals surface area (Å²) in [4.78, 5) is 17.5. The number of nitrogen functional groups attached to an aromatic ring is 1. The first-order chi connectivity index (χ1) is 18.4. The lowest BCUT2D eigenvalue weighted by Gasteiger charge is -2.37. The third-order valence-corrected chi connectivity index (χ3v) is 8.75. The lowest BCUT2D eigenvalue weighted by molar-refractivity contribution is 0.0981. The van der Waals surface area contributed by atoms with Gasteiger partial charge in [-0.25, -0.2) is 13.1 Å². The van der Waals surface area contributed by atoms with Crippen LogP contribution >= 0.6 is 0 Å². The Bertz CT molecular complexity index is 1390. The number of carbonyl (C=O) groups excluding carboxylic acids is 1. The van der Waals surface area contributed by atoms with E-state index in [1.165, 1.54) is 61.1 Å². The largest absolute Gasteiger partial charge is 0.399 e. The summed E-state index contributed by atoms with van der Waals surface area (Å²) in [6.45, 7) is 4.80. The van der Waals surface area contributed by atoms with Crippen molar-refractivity contribution in [3.63, 3.8) is 0 Å². The zero-order valence-electron chi connectivity index (χ0n) is 21.5. The van der Waals surface area contributed by atoms with Gasteiger partial charge < -0.3 is 10.6 Å². The molecule has 1 aliphatic heterocycles. The van der Waals surface area contributed by atoms with Crippen molar-refractivity contribution in [3.05, 3.63) is 95.6 Å². The predicted octanol–water partition coefficient (Wildman–Crippen LogP) is 4.54. The number of anilines is 2. The molecule has 0 aromatic heterocycles. The predicted molar refractivity (Wildman–Crippen MR) is 152 cm³/mol. The van der Waals surface area contributed by atoms with Gasteiger partial charge in [0.15, 0.2) is 0 Å². The van der Waals surface area contributed by atoms with Crippen molar-refractivity contribution in [2.24, 2.45) is 0 Å². The molecule has 1 fully saturated rings. The molecule has 2 aliphatic rings. The highest BCUT2D eigenvalue weighted by Crippen LogP contribution is 2.33. The van der Waals surface area contributed by atoms with Crippen molar-refractivity contribution in [1.82, 2.24) is 9.62 Å². The van der Waals surface area contributed by atoms with Crippen molar-refractivity contribution in [2.75, 3.05) is 43.4 Å². The van der Waals surface area contributed by atoms with E-state index in [1.807, 2.05) is 12.1 Å². The molecule has 8 heteroatoms. The van der Waals surface area contributed by atoms with Crippen LogP contribution in [0.5, 0.6) is 0 Å². The summed E-state index contributed by atoms with van der Waals surface area (Å²) in [7, 11) is -3.97. The monoisotopic (exact) mass is 530 g/mol. The SMILES string of the molecule is Nc1ccc(S(=O)(=O)NC(=O)c2ccc(N3CCN(CC4=C(c5ccccc5)CCCC4)CC3)cc2)cc1. The number of nitrogens with two attached hydrogens (primary N) is 1. The molecule has 0 radical (unpaired) electrons. The van der Waals surface area contributed by atoms with Crippen molar-refractivity contribution in [3.8, 4) is 0 Å². The molecule has 0 bridgehead atoms. The van der Waals surface area contributed by atoms with Crippen LogP contribution < -0.4 is 15.4 Å². The number of nitrogens with zero attached hydrogens (tertiary/aromatic N) is 2. The zero-order chi connectivity index (χ0) is 26.5. The van der Waals surface area contributed by atoms with Gasteiger partial charge in [0.05, 0.1) is 4.90 Å². The van der Waals surface area contributed by atoms with Gasteiger partial charge in [-0.3, -0.25) is 9.69 Å². The maximum Gasteiger partial charge on any atom is 0.264 e. The number of amides is 1. The van der Waals surface area contributed by atoms with Crippen molar-refractivity contribution >= 4 is 32.9 Å². The van der Waals surface area contributed by atoms with Crippen LogP contribution in [0.3, 0.4) is 0 Å². The van der Waals surface area contributed by atoms with Crippen molar-refractivity contribution in [2.45, 2.75) is 30.6 Å². The second-order valence-corrected chi connectivity index (χ2v) is 11.7. The van der Waals surface area contributed by atoms with Gasteiger partial charge in [-0.05, 0) is 85.4 Å². The lowest BCUT2D eigenvalue weighted by Crippen LogP contribution is -2.47. The number of piperazine rings is 1. The number of hydrogen-bond acceptors (Lipinski definition) is 6. The average Bonchev–Trinajstić information content (AvgIpc) is 2.94. The lowest BCUT2D eigenvalue weighted by atomic mass is 9.87. The molecule has 1 heterocycles. The van der Waals surface area contributed by atoms with Crippen LogP contribution in [0.2, 0.25) is 0 Å². The van der Waals surface area contributed by atoms with Crippen LogP contribution in [0.25, 0.3) is 5.57 Å². The van der Waals surface area contributed by atoms with E-state index >= 15 is 0 Å². The Kier molecular flexibility index (Phi) is 7.81. The fourth-order valence-electron chi connectivity index (χ4n) is 5.27. The summed E-state index contributed by atoms with van der Waals surface area (Å²) in [5.41, 5.74) is 11.9. The van der Waals surface area contributed by atoms with E-state index < -0.39 is 15.9 Å². The van der Waals surface area contributed by atoms with E-state index in [4.69, 9.17) is 5.73 Å². The molecule has 0 spiro atoms. The second-order valence-electron chi connectivity index (χ2n) is 9.97. The van der Waals surface area contributed by atoms with E-state index in [0.717, 1.165) is 38.4 Å². The topological polar surface area (TPSA) is 95.7 Å². The molecular formula is C30H34N4O3S. The van der Waals surface area contributed by atoms with Crippen LogP contribution in [0.4, 0.5) is 11.4 Å². The Morgan fingerprint density at radius 1 is 0.816 bits per heavy atom. The molecule has 3 aromatic rings. The maximum absolute atomic E-state index is 12.6. The minimum absolute atomic E-state index is 0.00517. The van der Waals surface area contributed by atoms with Gasteiger partial charge in [0.25, 0.3) is 15.9 Å². The molecule has 38 heavy (non-hydrogen) atoms. The molecule has 198 valence electrons. The van der Waals surface area contributed by atoms with Crippen LogP contribution in [0, 0.1) is 0 Å². The number of carbonyl (C=O) groups is 1.